The van der Waals surface area contributed by atoms with Crippen LogP contribution in [-0.4, -0.2) is 11.8 Å². The quantitative estimate of drug-likeness (QED) is 0.820. The first-order valence-electron chi connectivity index (χ1n) is 7.35. The van der Waals surface area contributed by atoms with Crippen molar-refractivity contribution in [2.75, 3.05) is 10.6 Å². The second-order valence-electron chi connectivity index (χ2n) is 5.57. The van der Waals surface area contributed by atoms with Gasteiger partial charge in [-0.1, -0.05) is 11.6 Å². The van der Waals surface area contributed by atoms with Crippen molar-refractivity contribution >= 4 is 34.8 Å². The molecule has 0 aromatic heterocycles. The smallest absolute Gasteiger partial charge is 0.326 e. The highest BCUT2D eigenvalue weighted by atomic mass is 35.5. The molecule has 0 aliphatic carbocycles. The van der Waals surface area contributed by atoms with Gasteiger partial charge in [-0.25, -0.2) is 0 Å². The summed E-state index contributed by atoms with van der Waals surface area (Å²) in [7, 11) is 0. The Morgan fingerprint density at radius 1 is 1.12 bits per heavy atom. The molecule has 25 heavy (non-hydrogen) atoms. The molecule has 2 amide bonds. The summed E-state index contributed by atoms with van der Waals surface area (Å²) in [5.74, 6) is -0.638. The molecule has 4 nitrogen and oxygen atoms in total. The van der Waals surface area contributed by atoms with Crippen LogP contribution in [0.3, 0.4) is 0 Å². The summed E-state index contributed by atoms with van der Waals surface area (Å²) in [5.41, 5.74) is 0.712. The normalized spacial score (nSPS) is 13.8. The van der Waals surface area contributed by atoms with E-state index in [4.69, 9.17) is 11.6 Å². The Morgan fingerprint density at radius 2 is 1.88 bits per heavy atom. The molecule has 0 saturated heterocycles. The maximum absolute atomic E-state index is 12.9. The van der Waals surface area contributed by atoms with Crippen LogP contribution in [0.5, 0.6) is 0 Å². The SMILES string of the molecule is O=C1CCc2cc(C(=O)Nc3ccc(Cl)c(C(F)(F)F)c3)ccc2N1. The predicted molar refractivity (Wildman–Crippen MR) is 87.8 cm³/mol. The third-order valence-electron chi connectivity index (χ3n) is 3.79. The highest BCUT2D eigenvalue weighted by Crippen LogP contribution is 2.36. The molecule has 0 unspecified atom stereocenters. The first-order valence-corrected chi connectivity index (χ1v) is 7.73. The van der Waals surface area contributed by atoms with E-state index in [-0.39, 0.29) is 11.6 Å². The first-order chi connectivity index (χ1) is 11.7. The number of carbonyl (C=O) groups is 2. The predicted octanol–water partition coefficient (Wildman–Crippen LogP) is 4.50. The van der Waals surface area contributed by atoms with Crippen LogP contribution in [0.2, 0.25) is 5.02 Å². The van der Waals surface area contributed by atoms with Gasteiger partial charge in [0.05, 0.1) is 10.6 Å². The summed E-state index contributed by atoms with van der Waals surface area (Å²) in [6.45, 7) is 0. The number of fused-ring (bicyclic) bond motifs is 1. The number of aryl methyl sites for hydroxylation is 1. The number of halogens is 4. The molecule has 8 heteroatoms. The lowest BCUT2D eigenvalue weighted by atomic mass is 10.00. The Bertz CT molecular complexity index is 865. The summed E-state index contributed by atoms with van der Waals surface area (Å²) in [5, 5.41) is 4.69. The van der Waals surface area contributed by atoms with Gasteiger partial charge in [-0.3, -0.25) is 9.59 Å². The monoisotopic (exact) mass is 368 g/mol. The fourth-order valence-corrected chi connectivity index (χ4v) is 2.77. The highest BCUT2D eigenvalue weighted by molar-refractivity contribution is 6.31. The first kappa shape index (κ1) is 17.3. The van der Waals surface area contributed by atoms with E-state index < -0.39 is 22.7 Å². The van der Waals surface area contributed by atoms with Crippen molar-refractivity contribution in [3.05, 3.63) is 58.1 Å². The number of nitrogens with one attached hydrogen (secondary N) is 2. The lowest BCUT2D eigenvalue weighted by Crippen LogP contribution is -2.20. The molecule has 1 aliphatic rings. The van der Waals surface area contributed by atoms with Gasteiger partial charge in [0, 0.05) is 23.4 Å². The van der Waals surface area contributed by atoms with Gasteiger partial charge < -0.3 is 10.6 Å². The standard InChI is InChI=1S/C17H12ClF3N2O2/c18-13-4-3-11(8-12(13)17(19,20)21)22-16(25)10-1-5-14-9(7-10)2-6-15(24)23-14/h1,3-5,7-8H,2,6H2,(H,22,25)(H,23,24). The number of anilines is 2. The van der Waals surface area contributed by atoms with Crippen molar-refractivity contribution < 1.29 is 22.8 Å². The number of carbonyl (C=O) groups excluding carboxylic acids is 2. The molecule has 3 rings (SSSR count). The van der Waals surface area contributed by atoms with Crippen LogP contribution in [0, 0.1) is 0 Å². The van der Waals surface area contributed by atoms with Gasteiger partial charge in [-0.15, -0.1) is 0 Å². The Morgan fingerprint density at radius 3 is 2.60 bits per heavy atom. The lowest BCUT2D eigenvalue weighted by Gasteiger charge is -2.17. The largest absolute Gasteiger partial charge is 0.417 e. The van der Waals surface area contributed by atoms with Crippen LogP contribution >= 0.6 is 11.6 Å². The zero-order chi connectivity index (χ0) is 18.2. The van der Waals surface area contributed by atoms with Crippen molar-refractivity contribution in [3.63, 3.8) is 0 Å². The summed E-state index contributed by atoms with van der Waals surface area (Å²) < 4.78 is 38.6. The van der Waals surface area contributed by atoms with E-state index >= 15 is 0 Å². The third-order valence-corrected chi connectivity index (χ3v) is 4.12. The zero-order valence-corrected chi connectivity index (χ0v) is 13.5. The number of benzene rings is 2. The molecule has 2 aromatic carbocycles. The van der Waals surface area contributed by atoms with Gasteiger partial charge in [0.1, 0.15) is 0 Å². The second kappa shape index (κ2) is 6.40. The molecular formula is C17H12ClF3N2O2. The fraction of sp³-hybridized carbons (Fsp3) is 0.176. The number of hydrogen-bond donors (Lipinski definition) is 2. The highest BCUT2D eigenvalue weighted by Gasteiger charge is 2.33. The molecule has 2 N–H and O–H groups in total. The number of alkyl halides is 3. The molecule has 0 spiro atoms. The average Bonchev–Trinajstić information content (AvgIpc) is 2.55. The van der Waals surface area contributed by atoms with E-state index in [1.807, 2.05) is 0 Å². The molecule has 1 heterocycles. The molecule has 1 aliphatic heterocycles. The average molecular weight is 369 g/mol. The summed E-state index contributed by atoms with van der Waals surface area (Å²) in [6, 6.07) is 7.89. The molecule has 0 saturated carbocycles. The van der Waals surface area contributed by atoms with Gasteiger partial charge in [-0.2, -0.15) is 13.2 Å². The van der Waals surface area contributed by atoms with E-state index in [0.29, 0.717) is 24.1 Å². The fourth-order valence-electron chi connectivity index (χ4n) is 2.55. The van der Waals surface area contributed by atoms with E-state index in [1.165, 1.54) is 12.1 Å². The van der Waals surface area contributed by atoms with Crippen molar-refractivity contribution in [3.8, 4) is 0 Å². The Hall–Kier alpha value is -2.54. The maximum Gasteiger partial charge on any atom is 0.417 e. The molecule has 2 aromatic rings. The maximum atomic E-state index is 12.9. The topological polar surface area (TPSA) is 58.2 Å². The van der Waals surface area contributed by atoms with Gasteiger partial charge in [-0.05, 0) is 48.4 Å². The Kier molecular flexibility index (Phi) is 4.43. The molecule has 0 atom stereocenters. The number of hydrogen-bond acceptors (Lipinski definition) is 2. The van der Waals surface area contributed by atoms with Crippen LogP contribution in [0.1, 0.15) is 27.9 Å². The lowest BCUT2D eigenvalue weighted by molar-refractivity contribution is -0.137. The van der Waals surface area contributed by atoms with E-state index in [9.17, 15) is 22.8 Å². The summed E-state index contributed by atoms with van der Waals surface area (Å²) in [4.78, 5) is 23.6. The van der Waals surface area contributed by atoms with Gasteiger partial charge in [0.2, 0.25) is 5.91 Å². The van der Waals surface area contributed by atoms with Crippen LogP contribution < -0.4 is 10.6 Å². The third kappa shape index (κ3) is 3.76. The molecule has 0 bridgehead atoms. The minimum absolute atomic E-state index is 0.00671. The van der Waals surface area contributed by atoms with E-state index in [0.717, 1.165) is 17.7 Å². The van der Waals surface area contributed by atoms with Crippen molar-refractivity contribution in [1.29, 1.82) is 0 Å². The van der Waals surface area contributed by atoms with Gasteiger partial charge >= 0.3 is 6.18 Å². The van der Waals surface area contributed by atoms with Crippen molar-refractivity contribution in [1.82, 2.24) is 0 Å². The second-order valence-corrected chi connectivity index (χ2v) is 5.97. The molecule has 130 valence electrons. The van der Waals surface area contributed by atoms with Crippen LogP contribution in [0.4, 0.5) is 24.5 Å². The Labute approximate surface area is 146 Å². The van der Waals surface area contributed by atoms with Crippen LogP contribution in [0.25, 0.3) is 0 Å². The summed E-state index contributed by atoms with van der Waals surface area (Å²) >= 11 is 5.56. The minimum atomic E-state index is -4.61. The zero-order valence-electron chi connectivity index (χ0n) is 12.7. The summed E-state index contributed by atoms with van der Waals surface area (Å²) in [6.07, 6.45) is -3.78. The molecule has 0 fully saturated rings. The van der Waals surface area contributed by atoms with Crippen molar-refractivity contribution in [2.24, 2.45) is 0 Å². The number of amides is 2. The Balaban J connectivity index is 1.82. The van der Waals surface area contributed by atoms with Gasteiger partial charge in [0.25, 0.3) is 5.91 Å². The van der Waals surface area contributed by atoms with Crippen molar-refractivity contribution in [2.45, 2.75) is 19.0 Å². The molecule has 0 radical (unpaired) electrons. The number of rotatable bonds is 2. The van der Waals surface area contributed by atoms with Crippen LogP contribution in [0.15, 0.2) is 36.4 Å². The van der Waals surface area contributed by atoms with Crippen LogP contribution in [-0.2, 0) is 17.4 Å². The minimum Gasteiger partial charge on any atom is -0.326 e. The van der Waals surface area contributed by atoms with Gasteiger partial charge in [0.15, 0.2) is 0 Å². The molecular weight excluding hydrogens is 357 g/mol. The van der Waals surface area contributed by atoms with E-state index in [2.05, 4.69) is 10.6 Å². The van der Waals surface area contributed by atoms with E-state index in [1.54, 1.807) is 12.1 Å².